The van der Waals surface area contributed by atoms with Gasteiger partial charge in [-0.15, -0.1) is 0 Å². The molecule has 110 valence electrons. The van der Waals surface area contributed by atoms with Gasteiger partial charge in [0.1, 0.15) is 0 Å². The molecule has 0 amide bonds. The van der Waals surface area contributed by atoms with Gasteiger partial charge in [-0.2, -0.15) is 0 Å². The summed E-state index contributed by atoms with van der Waals surface area (Å²) in [5, 5.41) is 0. The minimum absolute atomic E-state index is 0.913. The molecule has 0 aromatic carbocycles. The van der Waals surface area contributed by atoms with E-state index in [9.17, 15) is 0 Å². The summed E-state index contributed by atoms with van der Waals surface area (Å²) < 4.78 is 0. The van der Waals surface area contributed by atoms with Gasteiger partial charge in [0.05, 0.1) is 0 Å². The molecule has 0 saturated heterocycles. The first kappa shape index (κ1) is 15.1. The van der Waals surface area contributed by atoms with Crippen LogP contribution in [0.2, 0.25) is 0 Å². The van der Waals surface area contributed by atoms with Crippen LogP contribution in [0.4, 0.5) is 0 Å². The van der Waals surface area contributed by atoms with E-state index in [2.05, 4.69) is 26.0 Å². The molecule has 0 atom stereocenters. The molecular weight excluding hydrogens is 228 g/mol. The lowest BCUT2D eigenvalue weighted by Crippen LogP contribution is -2.24. The fourth-order valence-electron chi connectivity index (χ4n) is 4.18. The number of rotatable bonds is 5. The van der Waals surface area contributed by atoms with E-state index in [0.717, 1.165) is 23.7 Å². The van der Waals surface area contributed by atoms with Crippen molar-refractivity contribution in [1.29, 1.82) is 0 Å². The second-order valence-electron chi connectivity index (χ2n) is 7.27. The van der Waals surface area contributed by atoms with E-state index in [0.29, 0.717) is 0 Å². The summed E-state index contributed by atoms with van der Waals surface area (Å²) in [5.74, 6) is 4.08. The summed E-state index contributed by atoms with van der Waals surface area (Å²) in [6, 6.07) is 0. The highest BCUT2D eigenvalue weighted by Gasteiger charge is 2.29. The molecule has 0 heterocycles. The Bertz CT molecular complexity index is 249. The van der Waals surface area contributed by atoms with Gasteiger partial charge in [0.2, 0.25) is 0 Å². The van der Waals surface area contributed by atoms with E-state index in [4.69, 9.17) is 0 Å². The molecule has 0 nitrogen and oxygen atoms in total. The van der Waals surface area contributed by atoms with Gasteiger partial charge >= 0.3 is 0 Å². The Labute approximate surface area is 121 Å². The first-order chi connectivity index (χ1) is 9.29. The van der Waals surface area contributed by atoms with Crippen LogP contribution < -0.4 is 0 Å². The predicted molar refractivity (Wildman–Crippen MR) is 85.2 cm³/mol. The van der Waals surface area contributed by atoms with Crippen molar-refractivity contribution in [2.45, 2.75) is 84.5 Å². The third-order valence-corrected chi connectivity index (χ3v) is 5.68. The van der Waals surface area contributed by atoms with E-state index in [1.165, 1.54) is 70.6 Å². The fourth-order valence-corrected chi connectivity index (χ4v) is 4.18. The summed E-state index contributed by atoms with van der Waals surface area (Å²) in [7, 11) is 0. The van der Waals surface area contributed by atoms with E-state index in [1.807, 2.05) is 0 Å². The summed E-state index contributed by atoms with van der Waals surface area (Å²) >= 11 is 0. The molecule has 2 fully saturated rings. The maximum atomic E-state index is 2.54. The van der Waals surface area contributed by atoms with Gasteiger partial charge in [0.25, 0.3) is 0 Å². The quantitative estimate of drug-likeness (QED) is 0.399. The van der Waals surface area contributed by atoms with Crippen LogP contribution in [0.1, 0.15) is 84.5 Å². The molecular formula is C19H34. The lowest BCUT2D eigenvalue weighted by Gasteiger charge is -2.36. The Balaban J connectivity index is 1.66. The largest absolute Gasteiger partial charge is 0.0883 e. The molecule has 0 spiro atoms. The summed E-state index contributed by atoms with van der Waals surface area (Å²) in [4.78, 5) is 0. The van der Waals surface area contributed by atoms with Crippen molar-refractivity contribution in [3.8, 4) is 0 Å². The van der Waals surface area contributed by atoms with Gasteiger partial charge in [0, 0.05) is 0 Å². The molecule has 0 aromatic heterocycles. The van der Waals surface area contributed by atoms with Crippen molar-refractivity contribution in [1.82, 2.24) is 0 Å². The normalized spacial score (nSPS) is 36.7. The zero-order valence-electron chi connectivity index (χ0n) is 13.2. The van der Waals surface area contributed by atoms with Crippen LogP contribution in [0.5, 0.6) is 0 Å². The molecule has 0 radical (unpaired) electrons. The molecule has 19 heavy (non-hydrogen) atoms. The van der Waals surface area contributed by atoms with Crippen molar-refractivity contribution in [3.63, 3.8) is 0 Å². The molecule has 0 heteroatoms. The number of hydrogen-bond acceptors (Lipinski definition) is 0. The van der Waals surface area contributed by atoms with Crippen molar-refractivity contribution in [2.24, 2.45) is 23.7 Å². The highest BCUT2D eigenvalue weighted by molar-refractivity contribution is 4.92. The highest BCUT2D eigenvalue weighted by atomic mass is 14.3. The smallest absolute Gasteiger partial charge is 0.0233 e. The van der Waals surface area contributed by atoms with Crippen LogP contribution in [0.3, 0.4) is 0 Å². The van der Waals surface area contributed by atoms with Crippen LogP contribution in [-0.2, 0) is 0 Å². The molecule has 2 aliphatic rings. The molecule has 2 aliphatic carbocycles. The molecule has 2 saturated carbocycles. The van der Waals surface area contributed by atoms with Crippen LogP contribution in [0, 0.1) is 23.7 Å². The zero-order valence-corrected chi connectivity index (χ0v) is 13.2. The molecule has 0 unspecified atom stereocenters. The van der Waals surface area contributed by atoms with Crippen LogP contribution >= 0.6 is 0 Å². The Morgan fingerprint density at radius 1 is 0.842 bits per heavy atom. The lowest BCUT2D eigenvalue weighted by molar-refractivity contribution is 0.160. The first-order valence-electron chi connectivity index (χ1n) is 8.96. The van der Waals surface area contributed by atoms with Gasteiger partial charge in [-0.25, -0.2) is 0 Å². The maximum absolute atomic E-state index is 2.54. The van der Waals surface area contributed by atoms with Crippen molar-refractivity contribution in [2.75, 3.05) is 0 Å². The number of unbranched alkanes of at least 4 members (excludes halogenated alkanes) is 2. The monoisotopic (exact) mass is 262 g/mol. The van der Waals surface area contributed by atoms with Crippen molar-refractivity contribution in [3.05, 3.63) is 12.2 Å². The molecule has 0 bridgehead atoms. The Morgan fingerprint density at radius 3 is 2.00 bits per heavy atom. The predicted octanol–water partition coefficient (Wildman–Crippen LogP) is 6.37. The Hall–Kier alpha value is -0.260. The van der Waals surface area contributed by atoms with Crippen LogP contribution in [0.15, 0.2) is 12.2 Å². The van der Waals surface area contributed by atoms with E-state index in [-0.39, 0.29) is 0 Å². The Kier molecular flexibility index (Phi) is 6.47. The fraction of sp³-hybridized carbons (Fsp3) is 0.895. The maximum Gasteiger partial charge on any atom is -0.0233 e. The van der Waals surface area contributed by atoms with E-state index >= 15 is 0 Å². The van der Waals surface area contributed by atoms with Crippen LogP contribution in [-0.4, -0.2) is 0 Å². The Morgan fingerprint density at radius 2 is 1.42 bits per heavy atom. The summed E-state index contributed by atoms with van der Waals surface area (Å²) in [6.45, 7) is 4.72. The van der Waals surface area contributed by atoms with Gasteiger partial charge in [-0.3, -0.25) is 0 Å². The molecule has 0 aliphatic heterocycles. The number of allylic oxidation sites excluding steroid dienone is 2. The average Bonchev–Trinajstić information content (AvgIpc) is 2.45. The minimum Gasteiger partial charge on any atom is -0.0883 e. The van der Waals surface area contributed by atoms with Crippen molar-refractivity contribution < 1.29 is 0 Å². The SMILES string of the molecule is CCCCC=CC1CCC(C2CCC(C)CC2)CC1. The zero-order chi connectivity index (χ0) is 13.5. The minimum atomic E-state index is 0.913. The third-order valence-electron chi connectivity index (χ3n) is 5.68. The second kappa shape index (κ2) is 8.12. The third kappa shape index (κ3) is 4.97. The molecule has 0 N–H and O–H groups in total. The topological polar surface area (TPSA) is 0 Å². The summed E-state index contributed by atoms with van der Waals surface area (Å²) in [5.41, 5.74) is 0. The highest BCUT2D eigenvalue weighted by Crippen LogP contribution is 2.41. The standard InChI is InChI=1S/C19H34/c1-3-4-5-6-7-17-10-14-19(15-11-17)18-12-8-16(2)9-13-18/h6-7,16-19H,3-5,8-15H2,1-2H3. The molecule has 2 rings (SSSR count). The van der Waals surface area contributed by atoms with Gasteiger partial charge in [0.15, 0.2) is 0 Å². The van der Waals surface area contributed by atoms with E-state index < -0.39 is 0 Å². The average molecular weight is 262 g/mol. The van der Waals surface area contributed by atoms with Gasteiger partial charge < -0.3 is 0 Å². The summed E-state index contributed by atoms with van der Waals surface area (Å²) in [6.07, 6.45) is 21.0. The van der Waals surface area contributed by atoms with Gasteiger partial charge in [-0.05, 0) is 68.6 Å². The van der Waals surface area contributed by atoms with Crippen molar-refractivity contribution >= 4 is 0 Å². The second-order valence-corrected chi connectivity index (χ2v) is 7.27. The number of hydrogen-bond donors (Lipinski definition) is 0. The van der Waals surface area contributed by atoms with E-state index in [1.54, 1.807) is 0 Å². The molecule has 0 aromatic rings. The van der Waals surface area contributed by atoms with Gasteiger partial charge in [-0.1, -0.05) is 51.7 Å². The first-order valence-corrected chi connectivity index (χ1v) is 8.96. The lowest BCUT2D eigenvalue weighted by atomic mass is 9.69. The van der Waals surface area contributed by atoms with Crippen LogP contribution in [0.25, 0.3) is 0 Å².